The Labute approximate surface area is 79.6 Å². The highest BCUT2D eigenvalue weighted by Crippen LogP contribution is 1.98. The molecule has 0 amide bonds. The average Bonchev–Trinajstić information content (AvgIpc) is 2.10. The van der Waals surface area contributed by atoms with Crippen molar-refractivity contribution >= 4 is 5.97 Å². The van der Waals surface area contributed by atoms with Crippen LogP contribution in [0, 0.1) is 5.92 Å². The second kappa shape index (κ2) is 6.86. The van der Waals surface area contributed by atoms with Crippen LogP contribution in [0.4, 0.5) is 0 Å². The maximum atomic E-state index is 11.2. The quantitative estimate of drug-likeness (QED) is 0.586. The molecule has 0 fully saturated rings. The standard InChI is InChI=1S/C9H20N2O2/c1-7(2)6-13-9(12)8(11)4-3-5-10/h7-8H,3-6,10-11H2,1-2H3/t8-/m0/s1. The lowest BCUT2D eigenvalue weighted by Crippen LogP contribution is -2.33. The molecule has 0 saturated carbocycles. The molecule has 0 spiro atoms. The molecule has 0 aromatic carbocycles. The summed E-state index contributed by atoms with van der Waals surface area (Å²) in [6.45, 7) is 4.97. The summed E-state index contributed by atoms with van der Waals surface area (Å²) in [6.07, 6.45) is 1.37. The van der Waals surface area contributed by atoms with Crippen molar-refractivity contribution in [3.05, 3.63) is 0 Å². The van der Waals surface area contributed by atoms with Crippen LogP contribution in [0.25, 0.3) is 0 Å². The first kappa shape index (κ1) is 12.4. The molecule has 13 heavy (non-hydrogen) atoms. The predicted octanol–water partition coefficient (Wildman–Crippen LogP) is 0.252. The van der Waals surface area contributed by atoms with E-state index in [1.165, 1.54) is 0 Å². The van der Waals surface area contributed by atoms with E-state index >= 15 is 0 Å². The normalized spacial score (nSPS) is 13.0. The van der Waals surface area contributed by atoms with Gasteiger partial charge < -0.3 is 16.2 Å². The minimum atomic E-state index is -0.512. The number of carbonyl (C=O) groups is 1. The molecule has 1 atom stereocenters. The van der Waals surface area contributed by atoms with Crippen molar-refractivity contribution in [2.45, 2.75) is 32.7 Å². The Kier molecular flexibility index (Phi) is 6.54. The van der Waals surface area contributed by atoms with E-state index in [9.17, 15) is 4.79 Å². The molecule has 0 bridgehead atoms. The highest BCUT2D eigenvalue weighted by atomic mass is 16.5. The summed E-state index contributed by atoms with van der Waals surface area (Å²) >= 11 is 0. The topological polar surface area (TPSA) is 78.3 Å². The first-order valence-corrected chi connectivity index (χ1v) is 4.70. The van der Waals surface area contributed by atoms with E-state index in [0.717, 1.165) is 6.42 Å². The molecule has 0 aromatic rings. The van der Waals surface area contributed by atoms with Crippen LogP contribution in [0.3, 0.4) is 0 Å². The molecule has 0 saturated heterocycles. The van der Waals surface area contributed by atoms with Crippen molar-refractivity contribution < 1.29 is 9.53 Å². The van der Waals surface area contributed by atoms with Crippen molar-refractivity contribution in [3.63, 3.8) is 0 Å². The zero-order valence-corrected chi connectivity index (χ0v) is 8.45. The highest BCUT2D eigenvalue weighted by Gasteiger charge is 2.14. The first-order chi connectivity index (χ1) is 6.07. The molecule has 4 nitrogen and oxygen atoms in total. The smallest absolute Gasteiger partial charge is 0.322 e. The van der Waals surface area contributed by atoms with Crippen molar-refractivity contribution in [3.8, 4) is 0 Å². The summed E-state index contributed by atoms with van der Waals surface area (Å²) in [5.41, 5.74) is 10.9. The average molecular weight is 188 g/mol. The molecular formula is C9H20N2O2. The molecule has 0 aliphatic heterocycles. The Balaban J connectivity index is 3.57. The van der Waals surface area contributed by atoms with Gasteiger partial charge in [0.25, 0.3) is 0 Å². The van der Waals surface area contributed by atoms with Gasteiger partial charge in [-0.05, 0) is 25.3 Å². The third-order valence-corrected chi connectivity index (χ3v) is 1.58. The van der Waals surface area contributed by atoms with Crippen LogP contribution in [0.5, 0.6) is 0 Å². The van der Waals surface area contributed by atoms with E-state index < -0.39 is 6.04 Å². The fraction of sp³-hybridized carbons (Fsp3) is 0.889. The third-order valence-electron chi connectivity index (χ3n) is 1.58. The molecule has 0 aliphatic rings. The number of carbonyl (C=O) groups excluding carboxylic acids is 1. The molecule has 0 heterocycles. The van der Waals surface area contributed by atoms with E-state index in [-0.39, 0.29) is 5.97 Å². The van der Waals surface area contributed by atoms with Gasteiger partial charge >= 0.3 is 5.97 Å². The Morgan fingerprint density at radius 1 is 1.46 bits per heavy atom. The Bertz CT molecular complexity index is 149. The van der Waals surface area contributed by atoms with Crippen LogP contribution in [-0.2, 0) is 9.53 Å². The molecule has 0 unspecified atom stereocenters. The van der Waals surface area contributed by atoms with Gasteiger partial charge in [0.2, 0.25) is 0 Å². The highest BCUT2D eigenvalue weighted by molar-refractivity contribution is 5.75. The van der Waals surface area contributed by atoms with Gasteiger partial charge in [-0.15, -0.1) is 0 Å². The van der Waals surface area contributed by atoms with Crippen LogP contribution < -0.4 is 11.5 Å². The minimum absolute atomic E-state index is 0.317. The molecule has 0 aromatic heterocycles. The van der Waals surface area contributed by atoms with Crippen LogP contribution in [0.1, 0.15) is 26.7 Å². The Hall–Kier alpha value is -0.610. The van der Waals surface area contributed by atoms with E-state index in [4.69, 9.17) is 16.2 Å². The summed E-state index contributed by atoms with van der Waals surface area (Å²) in [5, 5.41) is 0. The monoisotopic (exact) mass is 188 g/mol. The minimum Gasteiger partial charge on any atom is -0.464 e. The fourth-order valence-electron chi connectivity index (χ4n) is 0.811. The maximum absolute atomic E-state index is 11.2. The zero-order valence-electron chi connectivity index (χ0n) is 8.45. The molecule has 0 aliphatic carbocycles. The van der Waals surface area contributed by atoms with Crippen LogP contribution >= 0.6 is 0 Å². The van der Waals surface area contributed by atoms with Crippen molar-refractivity contribution in [2.24, 2.45) is 17.4 Å². The predicted molar refractivity (Wildman–Crippen MR) is 52.1 cm³/mol. The van der Waals surface area contributed by atoms with Gasteiger partial charge in [-0.25, -0.2) is 0 Å². The van der Waals surface area contributed by atoms with E-state index in [2.05, 4.69) is 0 Å². The van der Waals surface area contributed by atoms with Crippen LogP contribution in [-0.4, -0.2) is 25.2 Å². The first-order valence-electron chi connectivity index (χ1n) is 4.70. The van der Waals surface area contributed by atoms with Gasteiger partial charge in [-0.1, -0.05) is 13.8 Å². The van der Waals surface area contributed by atoms with Crippen molar-refractivity contribution in [1.82, 2.24) is 0 Å². The van der Waals surface area contributed by atoms with Crippen LogP contribution in [0.15, 0.2) is 0 Å². The van der Waals surface area contributed by atoms with E-state index in [1.807, 2.05) is 13.8 Å². The van der Waals surface area contributed by atoms with Gasteiger partial charge in [-0.2, -0.15) is 0 Å². The zero-order chi connectivity index (χ0) is 10.3. The van der Waals surface area contributed by atoms with Gasteiger partial charge in [0, 0.05) is 0 Å². The van der Waals surface area contributed by atoms with Crippen molar-refractivity contribution in [2.75, 3.05) is 13.2 Å². The van der Waals surface area contributed by atoms with Gasteiger partial charge in [0.1, 0.15) is 6.04 Å². The fourth-order valence-corrected chi connectivity index (χ4v) is 0.811. The van der Waals surface area contributed by atoms with Gasteiger partial charge in [0.05, 0.1) is 6.61 Å². The molecule has 4 N–H and O–H groups in total. The second-order valence-corrected chi connectivity index (χ2v) is 3.56. The summed E-state index contributed by atoms with van der Waals surface area (Å²) in [4.78, 5) is 11.2. The van der Waals surface area contributed by atoms with Crippen LogP contribution in [0.2, 0.25) is 0 Å². The maximum Gasteiger partial charge on any atom is 0.322 e. The second-order valence-electron chi connectivity index (χ2n) is 3.56. The summed E-state index contributed by atoms with van der Waals surface area (Å²) in [5.74, 6) is 0.0350. The summed E-state index contributed by atoms with van der Waals surface area (Å²) in [6, 6.07) is -0.512. The molecule has 0 radical (unpaired) electrons. The Morgan fingerprint density at radius 2 is 2.08 bits per heavy atom. The van der Waals surface area contributed by atoms with Gasteiger partial charge in [-0.3, -0.25) is 4.79 Å². The number of ether oxygens (including phenoxy) is 1. The van der Waals surface area contributed by atoms with E-state index in [1.54, 1.807) is 0 Å². The molecular weight excluding hydrogens is 168 g/mol. The molecule has 78 valence electrons. The molecule has 4 heteroatoms. The summed E-state index contributed by atoms with van der Waals surface area (Å²) < 4.78 is 4.96. The number of hydrogen-bond acceptors (Lipinski definition) is 4. The lowest BCUT2D eigenvalue weighted by molar-refractivity contribution is -0.146. The lowest BCUT2D eigenvalue weighted by Gasteiger charge is -2.12. The SMILES string of the molecule is CC(C)COC(=O)[C@@H](N)CCCN. The van der Waals surface area contributed by atoms with Gasteiger partial charge in [0.15, 0.2) is 0 Å². The summed E-state index contributed by atoms with van der Waals surface area (Å²) in [7, 11) is 0. The largest absolute Gasteiger partial charge is 0.464 e. The third kappa shape index (κ3) is 6.54. The number of nitrogens with two attached hydrogens (primary N) is 2. The molecule has 0 rings (SSSR count). The number of rotatable bonds is 6. The van der Waals surface area contributed by atoms with Crippen molar-refractivity contribution in [1.29, 1.82) is 0 Å². The van der Waals surface area contributed by atoms with E-state index in [0.29, 0.717) is 25.5 Å². The lowest BCUT2D eigenvalue weighted by atomic mass is 10.2. The number of hydrogen-bond donors (Lipinski definition) is 2. The Morgan fingerprint density at radius 3 is 2.54 bits per heavy atom. The number of esters is 1.